The van der Waals surface area contributed by atoms with Gasteiger partial charge in [0.1, 0.15) is 5.82 Å². The van der Waals surface area contributed by atoms with Gasteiger partial charge in [0, 0.05) is 17.9 Å². The Kier molecular flexibility index (Phi) is 4.86. The number of carbonyl (C=O) groups excluding carboxylic acids is 1. The van der Waals surface area contributed by atoms with Crippen LogP contribution in [0.25, 0.3) is 15.3 Å². The maximum atomic E-state index is 12.7. The molecule has 3 heterocycles. The first-order valence-corrected chi connectivity index (χ1v) is 11.0. The van der Waals surface area contributed by atoms with Gasteiger partial charge in [-0.05, 0) is 43.7 Å². The third kappa shape index (κ3) is 3.33. The molecule has 2 aromatic carbocycles. The Bertz CT molecular complexity index is 1260. The van der Waals surface area contributed by atoms with Crippen molar-refractivity contribution in [2.24, 2.45) is 0 Å². The van der Waals surface area contributed by atoms with Crippen LogP contribution in [0.1, 0.15) is 36.1 Å². The number of para-hydroxylation sites is 1. The van der Waals surface area contributed by atoms with E-state index in [-0.39, 0.29) is 11.8 Å². The topological polar surface area (TPSA) is 78.3 Å². The van der Waals surface area contributed by atoms with Gasteiger partial charge < -0.3 is 14.8 Å². The summed E-state index contributed by atoms with van der Waals surface area (Å²) in [4.78, 5) is 17.4. The molecule has 0 aliphatic carbocycles. The molecule has 5 rings (SSSR count). The summed E-state index contributed by atoms with van der Waals surface area (Å²) in [6, 6.07) is 13.8. The molecule has 0 saturated heterocycles. The standard InChI is InChI=1S/C23H22N4O3S/c1-4-30-17-10-9-14(11-18(17)29-3)15-12-20(28)25-22-21(15)13(2)26-27(22)23-24-16-7-5-6-8-19(16)31-23/h5-11,15H,4,12H2,1-3H3,(H,25,28)/t15-/m1/s1. The summed E-state index contributed by atoms with van der Waals surface area (Å²) in [7, 11) is 1.62. The Balaban J connectivity index is 1.62. The van der Waals surface area contributed by atoms with E-state index in [1.165, 1.54) is 0 Å². The smallest absolute Gasteiger partial charge is 0.226 e. The lowest BCUT2D eigenvalue weighted by molar-refractivity contribution is -0.116. The number of anilines is 1. The Morgan fingerprint density at radius 2 is 2.06 bits per heavy atom. The van der Waals surface area contributed by atoms with Gasteiger partial charge in [0.15, 0.2) is 11.5 Å². The van der Waals surface area contributed by atoms with Crippen molar-refractivity contribution in [1.82, 2.24) is 14.8 Å². The van der Waals surface area contributed by atoms with Crippen LogP contribution in [-0.4, -0.2) is 34.4 Å². The van der Waals surface area contributed by atoms with E-state index in [0.717, 1.165) is 32.2 Å². The number of hydrogen-bond donors (Lipinski definition) is 1. The first-order valence-electron chi connectivity index (χ1n) is 10.1. The molecule has 0 radical (unpaired) electrons. The van der Waals surface area contributed by atoms with Gasteiger partial charge in [-0.1, -0.05) is 29.5 Å². The molecular formula is C23H22N4O3S. The van der Waals surface area contributed by atoms with Crippen molar-refractivity contribution in [3.8, 4) is 16.6 Å². The second-order valence-electron chi connectivity index (χ2n) is 7.37. The lowest BCUT2D eigenvalue weighted by atomic mass is 9.85. The number of fused-ring (bicyclic) bond motifs is 2. The molecular weight excluding hydrogens is 412 g/mol. The van der Waals surface area contributed by atoms with Crippen LogP contribution in [-0.2, 0) is 4.79 Å². The number of amides is 1. The lowest BCUT2D eigenvalue weighted by Gasteiger charge is -2.24. The summed E-state index contributed by atoms with van der Waals surface area (Å²) < 4.78 is 14.0. The van der Waals surface area contributed by atoms with E-state index in [9.17, 15) is 4.79 Å². The van der Waals surface area contributed by atoms with Crippen molar-refractivity contribution in [2.45, 2.75) is 26.2 Å². The Morgan fingerprint density at radius 1 is 1.23 bits per heavy atom. The highest BCUT2D eigenvalue weighted by Gasteiger charge is 2.33. The number of nitrogens with zero attached hydrogens (tertiary/aromatic N) is 3. The largest absolute Gasteiger partial charge is 0.493 e. The molecule has 0 spiro atoms. The van der Waals surface area contributed by atoms with E-state index >= 15 is 0 Å². The van der Waals surface area contributed by atoms with Gasteiger partial charge in [0.2, 0.25) is 11.0 Å². The van der Waals surface area contributed by atoms with E-state index < -0.39 is 0 Å². The highest BCUT2D eigenvalue weighted by molar-refractivity contribution is 7.20. The molecule has 0 fully saturated rings. The maximum Gasteiger partial charge on any atom is 0.226 e. The molecule has 8 heteroatoms. The van der Waals surface area contributed by atoms with Gasteiger partial charge in [-0.25, -0.2) is 4.98 Å². The van der Waals surface area contributed by atoms with Gasteiger partial charge in [-0.15, -0.1) is 0 Å². The summed E-state index contributed by atoms with van der Waals surface area (Å²) in [6.07, 6.45) is 0.344. The van der Waals surface area contributed by atoms with Crippen molar-refractivity contribution in [3.05, 3.63) is 59.3 Å². The van der Waals surface area contributed by atoms with Gasteiger partial charge in [-0.2, -0.15) is 9.78 Å². The summed E-state index contributed by atoms with van der Waals surface area (Å²) in [5, 5.41) is 8.51. The SMILES string of the molecule is CCOc1ccc([C@H]2CC(=O)Nc3c2c(C)nn3-c2nc3ccccc3s2)cc1OC. The minimum atomic E-state index is -0.128. The zero-order valence-corrected chi connectivity index (χ0v) is 18.3. The average molecular weight is 435 g/mol. The Labute approximate surface area is 183 Å². The molecule has 1 atom stereocenters. The number of carbonyl (C=O) groups is 1. The third-order valence-electron chi connectivity index (χ3n) is 5.46. The van der Waals surface area contributed by atoms with Gasteiger partial charge >= 0.3 is 0 Å². The monoisotopic (exact) mass is 434 g/mol. The molecule has 7 nitrogen and oxygen atoms in total. The van der Waals surface area contributed by atoms with E-state index in [2.05, 4.69) is 5.32 Å². The number of benzene rings is 2. The van der Waals surface area contributed by atoms with Crippen molar-refractivity contribution < 1.29 is 14.3 Å². The van der Waals surface area contributed by atoms with Gasteiger partial charge in [0.05, 0.1) is 29.6 Å². The highest BCUT2D eigenvalue weighted by atomic mass is 32.1. The van der Waals surface area contributed by atoms with E-state index in [1.807, 2.05) is 56.3 Å². The molecule has 1 N–H and O–H groups in total. The van der Waals surface area contributed by atoms with Crippen LogP contribution >= 0.6 is 11.3 Å². The molecule has 1 amide bonds. The number of aromatic nitrogens is 3. The second kappa shape index (κ2) is 7.70. The molecule has 1 aliphatic rings. The fourth-order valence-electron chi connectivity index (χ4n) is 4.10. The summed E-state index contributed by atoms with van der Waals surface area (Å²) in [5.41, 5.74) is 3.78. The van der Waals surface area contributed by atoms with Crippen molar-refractivity contribution in [2.75, 3.05) is 19.0 Å². The predicted octanol–water partition coefficient (Wildman–Crippen LogP) is 4.67. The Morgan fingerprint density at radius 3 is 2.84 bits per heavy atom. The molecule has 1 aliphatic heterocycles. The number of nitrogens with one attached hydrogen (secondary N) is 1. The summed E-state index contributed by atoms with van der Waals surface area (Å²) >= 11 is 1.55. The van der Waals surface area contributed by atoms with Crippen LogP contribution in [0.5, 0.6) is 11.5 Å². The quantitative estimate of drug-likeness (QED) is 0.494. The number of thiazole rings is 1. The van der Waals surface area contributed by atoms with E-state index in [4.69, 9.17) is 19.6 Å². The normalized spacial score (nSPS) is 15.6. The predicted molar refractivity (Wildman–Crippen MR) is 121 cm³/mol. The molecule has 2 aromatic heterocycles. The van der Waals surface area contributed by atoms with Crippen molar-refractivity contribution in [3.63, 3.8) is 0 Å². The summed E-state index contributed by atoms with van der Waals surface area (Å²) in [6.45, 7) is 4.46. The van der Waals surface area contributed by atoms with Crippen molar-refractivity contribution >= 4 is 33.3 Å². The molecule has 0 unspecified atom stereocenters. The number of hydrogen-bond acceptors (Lipinski definition) is 6. The number of ether oxygens (including phenoxy) is 2. The fourth-order valence-corrected chi connectivity index (χ4v) is 5.02. The van der Waals surface area contributed by atoms with Crippen LogP contribution in [0.3, 0.4) is 0 Å². The van der Waals surface area contributed by atoms with Crippen LogP contribution in [0.15, 0.2) is 42.5 Å². The average Bonchev–Trinajstić information content (AvgIpc) is 3.34. The maximum absolute atomic E-state index is 12.7. The first kappa shape index (κ1) is 19.6. The first-order chi connectivity index (χ1) is 15.1. The third-order valence-corrected chi connectivity index (χ3v) is 6.47. The van der Waals surface area contributed by atoms with Crippen LogP contribution in [0.4, 0.5) is 5.82 Å². The van der Waals surface area contributed by atoms with E-state index in [1.54, 1.807) is 23.1 Å². The zero-order valence-electron chi connectivity index (χ0n) is 17.5. The van der Waals surface area contributed by atoms with Crippen molar-refractivity contribution in [1.29, 1.82) is 0 Å². The molecule has 4 aromatic rings. The van der Waals surface area contributed by atoms with Crippen LogP contribution in [0.2, 0.25) is 0 Å². The molecule has 31 heavy (non-hydrogen) atoms. The number of rotatable bonds is 5. The zero-order chi connectivity index (χ0) is 21.5. The minimum absolute atomic E-state index is 0.0485. The lowest BCUT2D eigenvalue weighted by Crippen LogP contribution is -2.25. The number of methoxy groups -OCH3 is 1. The van der Waals surface area contributed by atoms with Gasteiger partial charge in [-0.3, -0.25) is 4.79 Å². The minimum Gasteiger partial charge on any atom is -0.493 e. The Hall–Kier alpha value is -3.39. The van der Waals surface area contributed by atoms with Crippen LogP contribution in [0, 0.1) is 6.92 Å². The van der Waals surface area contributed by atoms with E-state index in [0.29, 0.717) is 30.3 Å². The van der Waals surface area contributed by atoms with Crippen LogP contribution < -0.4 is 14.8 Å². The highest BCUT2D eigenvalue weighted by Crippen LogP contribution is 2.43. The molecule has 0 bridgehead atoms. The molecule has 0 saturated carbocycles. The number of aryl methyl sites for hydroxylation is 1. The fraction of sp³-hybridized carbons (Fsp3) is 0.261. The second-order valence-corrected chi connectivity index (χ2v) is 8.38. The van der Waals surface area contributed by atoms with Gasteiger partial charge in [0.25, 0.3) is 0 Å². The summed E-state index contributed by atoms with van der Waals surface area (Å²) in [5.74, 6) is 1.86. The molecule has 158 valence electrons.